The van der Waals surface area contributed by atoms with E-state index in [4.69, 9.17) is 16.3 Å². The second-order valence-electron chi connectivity index (χ2n) is 5.77. The number of hydrogen-bond acceptors (Lipinski definition) is 3. The second kappa shape index (κ2) is 8.62. The predicted molar refractivity (Wildman–Crippen MR) is 117 cm³/mol. The van der Waals surface area contributed by atoms with Gasteiger partial charge in [0.15, 0.2) is 5.75 Å². The highest BCUT2D eigenvalue weighted by atomic mass is 127. The van der Waals surface area contributed by atoms with Crippen LogP contribution in [0.25, 0.3) is 6.08 Å². The molecule has 0 saturated carbocycles. The molecule has 5 nitrogen and oxygen atoms in total. The fourth-order valence-corrected chi connectivity index (χ4v) is 3.91. The number of halogens is 3. The van der Waals surface area contributed by atoms with Crippen LogP contribution in [0.15, 0.2) is 46.6 Å². The van der Waals surface area contributed by atoms with Gasteiger partial charge in [-0.2, -0.15) is 0 Å². The van der Waals surface area contributed by atoms with Gasteiger partial charge in [0.1, 0.15) is 12.3 Å². The molecule has 1 fully saturated rings. The third-order valence-corrected chi connectivity index (χ3v) is 5.50. The van der Waals surface area contributed by atoms with Gasteiger partial charge in [0.05, 0.1) is 9.50 Å². The number of rotatable bonds is 5. The molecular weight excluding hydrogens is 546 g/mol. The van der Waals surface area contributed by atoms with Crippen LogP contribution in [0, 0.1) is 3.57 Å². The summed E-state index contributed by atoms with van der Waals surface area (Å²) in [5.74, 6) is 0.170. The van der Waals surface area contributed by atoms with E-state index < -0.39 is 6.03 Å². The second-order valence-corrected chi connectivity index (χ2v) is 8.27. The number of nitrogens with one attached hydrogen (secondary N) is 1. The standard InChI is InChI=1S/C19H15BrClIN2O3/c1-2-24-18(25)16(23-19(24)26)9-12-7-14(20)17(15(21)8-12)27-10-11-3-5-13(22)6-4-11/h3-9H,2,10H2,1H3,(H,23,26)/b16-9+. The molecule has 3 amide bonds. The van der Waals surface area contributed by atoms with Gasteiger partial charge in [0.25, 0.3) is 5.91 Å². The quantitative estimate of drug-likeness (QED) is 0.310. The summed E-state index contributed by atoms with van der Waals surface area (Å²) in [5.41, 5.74) is 1.93. The van der Waals surface area contributed by atoms with Gasteiger partial charge in [0.2, 0.25) is 0 Å². The van der Waals surface area contributed by atoms with Gasteiger partial charge in [-0.05, 0) is 86.9 Å². The highest BCUT2D eigenvalue weighted by molar-refractivity contribution is 14.1. The molecule has 3 rings (SSSR count). The fraction of sp³-hybridized carbons (Fsp3) is 0.158. The summed E-state index contributed by atoms with van der Waals surface area (Å²) in [6.07, 6.45) is 1.59. The summed E-state index contributed by atoms with van der Waals surface area (Å²) in [6.45, 7) is 2.45. The Kier molecular flexibility index (Phi) is 6.44. The predicted octanol–water partition coefficient (Wildman–Crippen LogP) is 5.20. The first-order valence-corrected chi connectivity index (χ1v) is 10.3. The molecule has 1 N–H and O–H groups in total. The van der Waals surface area contributed by atoms with E-state index in [2.05, 4.69) is 43.8 Å². The summed E-state index contributed by atoms with van der Waals surface area (Å²) >= 11 is 12.1. The highest BCUT2D eigenvalue weighted by Gasteiger charge is 2.32. The van der Waals surface area contributed by atoms with E-state index in [1.807, 2.05) is 24.3 Å². The summed E-state index contributed by atoms with van der Waals surface area (Å²) in [4.78, 5) is 25.1. The molecule has 0 radical (unpaired) electrons. The van der Waals surface area contributed by atoms with Crippen molar-refractivity contribution in [2.24, 2.45) is 0 Å². The normalized spacial score (nSPS) is 15.4. The SMILES string of the molecule is CCN1C(=O)N/C(=C/c2cc(Cl)c(OCc3ccc(I)cc3)c(Br)c2)C1=O. The Morgan fingerprint density at radius 3 is 2.56 bits per heavy atom. The molecule has 0 aromatic heterocycles. The van der Waals surface area contributed by atoms with Crippen LogP contribution in [0.1, 0.15) is 18.1 Å². The molecule has 1 aliphatic rings. The highest BCUT2D eigenvalue weighted by Crippen LogP contribution is 2.36. The number of likely N-dealkylation sites (N-methyl/N-ethyl adjacent to an activating group) is 1. The van der Waals surface area contributed by atoms with Crippen LogP contribution in [0.3, 0.4) is 0 Å². The molecule has 2 aromatic carbocycles. The van der Waals surface area contributed by atoms with Gasteiger partial charge in [-0.25, -0.2) is 4.79 Å². The zero-order valence-corrected chi connectivity index (χ0v) is 18.8. The topological polar surface area (TPSA) is 58.6 Å². The van der Waals surface area contributed by atoms with E-state index >= 15 is 0 Å². The first-order valence-electron chi connectivity index (χ1n) is 8.10. The van der Waals surface area contributed by atoms with Gasteiger partial charge < -0.3 is 10.1 Å². The molecule has 27 heavy (non-hydrogen) atoms. The van der Waals surface area contributed by atoms with E-state index in [-0.39, 0.29) is 11.6 Å². The maximum atomic E-state index is 12.2. The average molecular weight is 562 g/mol. The lowest BCUT2D eigenvalue weighted by Crippen LogP contribution is -2.30. The van der Waals surface area contributed by atoms with Crippen molar-refractivity contribution < 1.29 is 14.3 Å². The van der Waals surface area contributed by atoms with Gasteiger partial charge in [-0.3, -0.25) is 9.69 Å². The number of nitrogens with zero attached hydrogens (tertiary/aromatic N) is 1. The van der Waals surface area contributed by atoms with Gasteiger partial charge in [-0.15, -0.1) is 0 Å². The molecule has 1 saturated heterocycles. The number of hydrogen-bond donors (Lipinski definition) is 1. The van der Waals surface area contributed by atoms with Crippen molar-refractivity contribution in [1.82, 2.24) is 10.2 Å². The first kappa shape index (κ1) is 20.2. The lowest BCUT2D eigenvalue weighted by Gasteiger charge is -2.11. The Hall–Kier alpha value is -1.58. The molecule has 0 atom stereocenters. The Bertz CT molecular complexity index is 908. The average Bonchev–Trinajstić information content (AvgIpc) is 2.88. The molecule has 140 valence electrons. The van der Waals surface area contributed by atoms with Crippen molar-refractivity contribution in [3.05, 3.63) is 66.3 Å². The molecule has 1 heterocycles. The zero-order valence-electron chi connectivity index (χ0n) is 14.3. The summed E-state index contributed by atoms with van der Waals surface area (Å²) in [5, 5.41) is 2.97. The molecule has 1 aliphatic heterocycles. The van der Waals surface area contributed by atoms with Crippen LogP contribution >= 0.6 is 50.1 Å². The van der Waals surface area contributed by atoms with Crippen LogP contribution < -0.4 is 10.1 Å². The fourth-order valence-electron chi connectivity index (χ4n) is 2.56. The van der Waals surface area contributed by atoms with Crippen LogP contribution in [0.5, 0.6) is 5.75 Å². The first-order chi connectivity index (χ1) is 12.9. The number of imide groups is 1. The van der Waals surface area contributed by atoms with Gasteiger partial charge >= 0.3 is 6.03 Å². The number of urea groups is 1. The van der Waals surface area contributed by atoms with Crippen LogP contribution in [-0.2, 0) is 11.4 Å². The summed E-state index contributed by atoms with van der Waals surface area (Å²) in [7, 11) is 0. The van der Waals surface area contributed by atoms with Crippen LogP contribution in [-0.4, -0.2) is 23.4 Å². The van der Waals surface area contributed by atoms with Gasteiger partial charge in [0, 0.05) is 10.1 Å². The minimum atomic E-state index is -0.420. The van der Waals surface area contributed by atoms with E-state index in [0.29, 0.717) is 34.0 Å². The molecule has 0 spiro atoms. The molecule has 2 aromatic rings. The number of ether oxygens (including phenoxy) is 1. The molecular formula is C19H15BrClIN2O3. The van der Waals surface area contributed by atoms with E-state index in [1.54, 1.807) is 25.1 Å². The zero-order chi connectivity index (χ0) is 19.6. The Labute approximate surface area is 184 Å². The monoisotopic (exact) mass is 560 g/mol. The van der Waals surface area contributed by atoms with Crippen molar-refractivity contribution in [2.45, 2.75) is 13.5 Å². The Morgan fingerprint density at radius 2 is 1.96 bits per heavy atom. The minimum absolute atomic E-state index is 0.220. The van der Waals surface area contributed by atoms with Crippen LogP contribution in [0.4, 0.5) is 4.79 Å². The van der Waals surface area contributed by atoms with Crippen molar-refractivity contribution in [3.63, 3.8) is 0 Å². The smallest absolute Gasteiger partial charge is 0.328 e. The number of carbonyl (C=O) groups excluding carboxylic acids is 2. The van der Waals surface area contributed by atoms with E-state index in [0.717, 1.165) is 14.0 Å². The van der Waals surface area contributed by atoms with Crippen LogP contribution in [0.2, 0.25) is 5.02 Å². The molecule has 8 heteroatoms. The number of carbonyl (C=O) groups is 2. The molecule has 0 bridgehead atoms. The lowest BCUT2D eigenvalue weighted by molar-refractivity contribution is -0.122. The lowest BCUT2D eigenvalue weighted by atomic mass is 10.1. The van der Waals surface area contributed by atoms with E-state index in [1.165, 1.54) is 0 Å². The Balaban J connectivity index is 1.79. The molecule has 0 unspecified atom stereocenters. The molecule has 0 aliphatic carbocycles. The third kappa shape index (κ3) is 4.64. The van der Waals surface area contributed by atoms with Crippen molar-refractivity contribution in [1.29, 1.82) is 0 Å². The summed E-state index contributed by atoms with van der Waals surface area (Å²) < 4.78 is 7.66. The van der Waals surface area contributed by atoms with Crippen molar-refractivity contribution in [3.8, 4) is 5.75 Å². The van der Waals surface area contributed by atoms with Gasteiger partial charge in [-0.1, -0.05) is 23.7 Å². The third-order valence-electron chi connectivity index (χ3n) is 3.91. The maximum Gasteiger partial charge on any atom is 0.328 e. The number of amides is 3. The van der Waals surface area contributed by atoms with Crippen molar-refractivity contribution >= 4 is 68.1 Å². The van der Waals surface area contributed by atoms with E-state index in [9.17, 15) is 9.59 Å². The minimum Gasteiger partial charge on any atom is -0.486 e. The maximum absolute atomic E-state index is 12.2. The Morgan fingerprint density at radius 1 is 1.26 bits per heavy atom. The summed E-state index contributed by atoms with van der Waals surface area (Å²) in [6, 6.07) is 11.1. The van der Waals surface area contributed by atoms with Crippen molar-refractivity contribution in [2.75, 3.05) is 6.54 Å². The largest absolute Gasteiger partial charge is 0.486 e. The number of benzene rings is 2.